The van der Waals surface area contributed by atoms with Gasteiger partial charge in [-0.15, -0.1) is 0 Å². The smallest absolute Gasteiger partial charge is 0.140 e. The van der Waals surface area contributed by atoms with Crippen molar-refractivity contribution in [3.05, 3.63) is 0 Å². The number of amidine groups is 1. The molecule has 0 spiro atoms. The van der Waals surface area contributed by atoms with E-state index in [0.29, 0.717) is 23.7 Å². The van der Waals surface area contributed by atoms with Crippen LogP contribution in [0.5, 0.6) is 0 Å². The van der Waals surface area contributed by atoms with Crippen molar-refractivity contribution >= 4 is 5.84 Å². The van der Waals surface area contributed by atoms with Crippen molar-refractivity contribution in [1.82, 2.24) is 5.32 Å². The highest BCUT2D eigenvalue weighted by Gasteiger charge is 2.44. The summed E-state index contributed by atoms with van der Waals surface area (Å²) in [6, 6.07) is 0.326. The molecular formula is C12H25N3O. The van der Waals surface area contributed by atoms with E-state index in [1.54, 1.807) is 0 Å². The SMILES string of the molecule is CCC(CC(N)=NO)NCC1(C(C)C)CC1. The van der Waals surface area contributed by atoms with E-state index in [0.717, 1.165) is 18.9 Å². The molecule has 0 bridgehead atoms. The minimum atomic E-state index is 0.314. The maximum Gasteiger partial charge on any atom is 0.140 e. The molecule has 4 heteroatoms. The van der Waals surface area contributed by atoms with Crippen molar-refractivity contribution in [2.75, 3.05) is 6.54 Å². The van der Waals surface area contributed by atoms with Crippen LogP contribution >= 0.6 is 0 Å². The topological polar surface area (TPSA) is 70.6 Å². The highest BCUT2D eigenvalue weighted by atomic mass is 16.4. The fraction of sp³-hybridized carbons (Fsp3) is 0.917. The van der Waals surface area contributed by atoms with E-state index in [-0.39, 0.29) is 0 Å². The van der Waals surface area contributed by atoms with Crippen LogP contribution in [0.1, 0.15) is 46.5 Å². The third-order valence-electron chi connectivity index (χ3n) is 3.94. The van der Waals surface area contributed by atoms with Crippen molar-refractivity contribution in [1.29, 1.82) is 0 Å². The lowest BCUT2D eigenvalue weighted by atomic mass is 9.92. The molecule has 94 valence electrons. The first-order chi connectivity index (χ1) is 7.54. The van der Waals surface area contributed by atoms with E-state index in [1.165, 1.54) is 12.8 Å². The standard InChI is InChI=1S/C12H25N3O/c1-4-10(7-11(13)15-16)14-8-12(5-6-12)9(2)3/h9-10,14,16H,4-8H2,1-3H3,(H2,13,15). The summed E-state index contributed by atoms with van der Waals surface area (Å²) >= 11 is 0. The molecule has 0 saturated heterocycles. The van der Waals surface area contributed by atoms with E-state index in [4.69, 9.17) is 10.9 Å². The highest BCUT2D eigenvalue weighted by molar-refractivity contribution is 5.80. The minimum Gasteiger partial charge on any atom is -0.409 e. The Balaban J connectivity index is 2.34. The van der Waals surface area contributed by atoms with Crippen LogP contribution in [0.15, 0.2) is 5.16 Å². The summed E-state index contributed by atoms with van der Waals surface area (Å²) in [7, 11) is 0. The molecule has 4 N–H and O–H groups in total. The van der Waals surface area contributed by atoms with Crippen molar-refractivity contribution in [3.63, 3.8) is 0 Å². The van der Waals surface area contributed by atoms with Gasteiger partial charge in [0, 0.05) is 19.0 Å². The lowest BCUT2D eigenvalue weighted by Gasteiger charge is -2.24. The van der Waals surface area contributed by atoms with Crippen LogP contribution < -0.4 is 11.1 Å². The van der Waals surface area contributed by atoms with Crippen LogP contribution in [0.4, 0.5) is 0 Å². The summed E-state index contributed by atoms with van der Waals surface area (Å²) in [6.07, 6.45) is 4.29. The Labute approximate surface area is 98.3 Å². The second-order valence-electron chi connectivity index (χ2n) is 5.30. The van der Waals surface area contributed by atoms with Gasteiger partial charge >= 0.3 is 0 Å². The van der Waals surface area contributed by atoms with Crippen LogP contribution in [-0.2, 0) is 0 Å². The molecule has 0 aromatic rings. The first kappa shape index (κ1) is 13.3. The van der Waals surface area contributed by atoms with Gasteiger partial charge in [-0.1, -0.05) is 25.9 Å². The van der Waals surface area contributed by atoms with E-state index in [9.17, 15) is 0 Å². The lowest BCUT2D eigenvalue weighted by Crippen LogP contribution is -2.38. The van der Waals surface area contributed by atoms with Crippen LogP contribution in [0.25, 0.3) is 0 Å². The minimum absolute atomic E-state index is 0.314. The fourth-order valence-corrected chi connectivity index (χ4v) is 2.12. The van der Waals surface area contributed by atoms with Gasteiger partial charge in [-0.2, -0.15) is 0 Å². The number of nitrogens with two attached hydrogens (primary N) is 1. The Morgan fingerprint density at radius 3 is 2.50 bits per heavy atom. The molecule has 0 aliphatic heterocycles. The Morgan fingerprint density at radius 2 is 2.12 bits per heavy atom. The average Bonchev–Trinajstić information content (AvgIpc) is 3.04. The Bertz CT molecular complexity index is 247. The average molecular weight is 227 g/mol. The molecule has 1 aliphatic carbocycles. The summed E-state index contributed by atoms with van der Waals surface area (Å²) in [6.45, 7) is 7.76. The number of nitrogens with one attached hydrogen (secondary N) is 1. The van der Waals surface area contributed by atoms with Gasteiger partial charge < -0.3 is 16.3 Å². The quantitative estimate of drug-likeness (QED) is 0.269. The van der Waals surface area contributed by atoms with Crippen LogP contribution in [0.3, 0.4) is 0 Å². The molecule has 1 rings (SSSR count). The zero-order valence-electron chi connectivity index (χ0n) is 10.7. The zero-order valence-corrected chi connectivity index (χ0v) is 10.7. The molecule has 0 aromatic carbocycles. The maximum atomic E-state index is 8.54. The number of hydrogen-bond donors (Lipinski definition) is 3. The highest BCUT2D eigenvalue weighted by Crippen LogP contribution is 2.51. The molecular weight excluding hydrogens is 202 g/mol. The first-order valence-corrected chi connectivity index (χ1v) is 6.24. The monoisotopic (exact) mass is 227 g/mol. The molecule has 1 atom stereocenters. The molecule has 16 heavy (non-hydrogen) atoms. The molecule has 1 fully saturated rings. The number of oxime groups is 1. The van der Waals surface area contributed by atoms with Crippen molar-refractivity contribution in [3.8, 4) is 0 Å². The summed E-state index contributed by atoms with van der Waals surface area (Å²) < 4.78 is 0. The number of hydrogen-bond acceptors (Lipinski definition) is 3. The molecule has 1 unspecified atom stereocenters. The van der Waals surface area contributed by atoms with Gasteiger partial charge in [0.2, 0.25) is 0 Å². The van der Waals surface area contributed by atoms with Gasteiger partial charge in [-0.3, -0.25) is 0 Å². The zero-order chi connectivity index (χ0) is 12.2. The summed E-state index contributed by atoms with van der Waals surface area (Å²) in [5.74, 6) is 1.05. The van der Waals surface area contributed by atoms with E-state index in [2.05, 4.69) is 31.2 Å². The van der Waals surface area contributed by atoms with Gasteiger partial charge in [0.15, 0.2) is 0 Å². The van der Waals surface area contributed by atoms with Crippen molar-refractivity contribution in [2.45, 2.75) is 52.5 Å². The normalized spacial score (nSPS) is 21.1. The molecule has 4 nitrogen and oxygen atoms in total. The van der Waals surface area contributed by atoms with Crippen LogP contribution in [0.2, 0.25) is 0 Å². The van der Waals surface area contributed by atoms with Crippen LogP contribution in [-0.4, -0.2) is 23.6 Å². The van der Waals surface area contributed by atoms with Crippen LogP contribution in [0, 0.1) is 11.3 Å². The third-order valence-corrected chi connectivity index (χ3v) is 3.94. The summed E-state index contributed by atoms with van der Waals surface area (Å²) in [5, 5.41) is 15.1. The predicted molar refractivity (Wildman–Crippen MR) is 66.6 cm³/mol. The Morgan fingerprint density at radius 1 is 1.50 bits per heavy atom. The van der Waals surface area contributed by atoms with Gasteiger partial charge in [-0.05, 0) is 30.6 Å². The van der Waals surface area contributed by atoms with Crippen molar-refractivity contribution in [2.24, 2.45) is 22.2 Å². The van der Waals surface area contributed by atoms with Gasteiger partial charge in [0.05, 0.1) is 0 Å². The molecule has 0 radical (unpaired) electrons. The van der Waals surface area contributed by atoms with Gasteiger partial charge in [0.1, 0.15) is 5.84 Å². The molecule has 0 amide bonds. The molecule has 1 saturated carbocycles. The third kappa shape index (κ3) is 3.37. The van der Waals surface area contributed by atoms with E-state index in [1.807, 2.05) is 0 Å². The van der Waals surface area contributed by atoms with E-state index >= 15 is 0 Å². The number of nitrogens with zero attached hydrogens (tertiary/aromatic N) is 1. The fourth-order valence-electron chi connectivity index (χ4n) is 2.12. The second-order valence-corrected chi connectivity index (χ2v) is 5.30. The number of rotatable bonds is 7. The first-order valence-electron chi connectivity index (χ1n) is 6.24. The van der Waals surface area contributed by atoms with Gasteiger partial charge in [-0.25, -0.2) is 0 Å². The summed E-state index contributed by atoms with van der Waals surface area (Å²) in [4.78, 5) is 0. The largest absolute Gasteiger partial charge is 0.409 e. The van der Waals surface area contributed by atoms with Crippen molar-refractivity contribution < 1.29 is 5.21 Å². The van der Waals surface area contributed by atoms with E-state index < -0.39 is 0 Å². The van der Waals surface area contributed by atoms with Gasteiger partial charge in [0.25, 0.3) is 0 Å². The Kier molecular flexibility index (Phi) is 4.59. The molecule has 0 heterocycles. The summed E-state index contributed by atoms with van der Waals surface area (Å²) in [5.41, 5.74) is 6.04. The Hall–Kier alpha value is -0.770. The maximum absolute atomic E-state index is 8.54. The molecule has 0 aromatic heterocycles. The lowest BCUT2D eigenvalue weighted by molar-refractivity contribution is 0.307. The predicted octanol–water partition coefficient (Wildman–Crippen LogP) is 1.93. The molecule has 1 aliphatic rings. The second kappa shape index (κ2) is 5.53.